The zero-order valence-corrected chi connectivity index (χ0v) is 42.1. The van der Waals surface area contributed by atoms with Crippen molar-refractivity contribution < 1.29 is 0 Å². The Morgan fingerprint density at radius 3 is 1.17 bits per heavy atom. The lowest BCUT2D eigenvalue weighted by Gasteiger charge is -2.39. The molecule has 0 fully saturated rings. The van der Waals surface area contributed by atoms with Crippen LogP contribution in [0.3, 0.4) is 0 Å². The highest BCUT2D eigenvalue weighted by Crippen LogP contribution is 2.53. The molecule has 3 unspecified atom stereocenters. The van der Waals surface area contributed by atoms with E-state index in [4.69, 9.17) is 78.7 Å². The van der Waals surface area contributed by atoms with Crippen LogP contribution in [0.25, 0.3) is 0 Å². The molecule has 0 spiro atoms. The second kappa shape index (κ2) is 27.2. The molecule has 0 heterocycles. The zero-order valence-electron chi connectivity index (χ0n) is 30.4. The Morgan fingerprint density at radius 1 is 0.519 bits per heavy atom. The quantitative estimate of drug-likeness (QED) is 0.168. The molecule has 292 valence electrons. The normalized spacial score (nSPS) is 11.8. The molecule has 0 aliphatic rings. The Balaban J connectivity index is 0. The van der Waals surface area contributed by atoms with Crippen molar-refractivity contribution in [1.82, 2.24) is 9.99 Å². The number of hydrogen-bond acceptors (Lipinski definition) is 2. The van der Waals surface area contributed by atoms with Crippen LogP contribution in [-0.4, -0.2) is 15.7 Å². The lowest BCUT2D eigenvalue weighted by Crippen LogP contribution is -2.39. The van der Waals surface area contributed by atoms with Gasteiger partial charge in [0.2, 0.25) is 0 Å². The second-order valence-electron chi connectivity index (χ2n) is 13.2. The highest BCUT2D eigenvalue weighted by molar-refractivity contribution is 8.13. The van der Waals surface area contributed by atoms with Gasteiger partial charge in [-0.3, -0.25) is 4.67 Å². The van der Waals surface area contributed by atoms with E-state index in [1.165, 1.54) is 22.3 Å². The maximum Gasteiger partial charge on any atom is 0.117 e. The Labute approximate surface area is 360 Å². The number of nitrogens with one attached hydrogen (secondary N) is 1. The average molecular weight is 962 g/mol. The molecule has 3 atom stereocenters. The molecular weight excluding hydrogens is 906 g/mol. The van der Waals surface area contributed by atoms with E-state index in [1.54, 1.807) is 0 Å². The third-order valence-electron chi connectivity index (χ3n) is 6.89. The van der Waals surface area contributed by atoms with Gasteiger partial charge in [-0.05, 0) is 66.5 Å². The molecule has 0 aliphatic carbocycles. The fourth-order valence-electron chi connectivity index (χ4n) is 4.15. The molecule has 2 nitrogen and oxygen atoms in total. The Morgan fingerprint density at radius 2 is 0.846 bits per heavy atom. The van der Waals surface area contributed by atoms with E-state index in [-0.39, 0.29) is 38.3 Å². The summed E-state index contributed by atoms with van der Waals surface area (Å²) in [4.78, 5) is 0. The molecular formula is C37H55Cl7N2P6. The van der Waals surface area contributed by atoms with E-state index in [1.807, 2.05) is 48.5 Å². The first-order valence-corrected chi connectivity index (χ1v) is 27.1. The molecule has 4 rings (SSSR count). The zero-order chi connectivity index (χ0) is 36.9. The number of hydrogen-bond donors (Lipinski definition) is 1. The summed E-state index contributed by atoms with van der Waals surface area (Å²) in [5, 5.41) is 7.17. The second-order valence-corrected chi connectivity index (χ2v) is 26.2. The van der Waals surface area contributed by atoms with Crippen LogP contribution in [0.2, 0.25) is 0 Å². The van der Waals surface area contributed by atoms with Gasteiger partial charge in [-0.15, -0.1) is 0 Å². The summed E-state index contributed by atoms with van der Waals surface area (Å²) >= 11 is 42.5. The topological polar surface area (TPSA) is 15.3 Å². The fourth-order valence-corrected chi connectivity index (χ4v) is 13.4. The summed E-state index contributed by atoms with van der Waals surface area (Å²) in [5.74, 6) is 0. The van der Waals surface area contributed by atoms with Gasteiger partial charge in [0.1, 0.15) is 19.9 Å². The first-order chi connectivity index (χ1) is 22.8. The number of rotatable bonds is 9. The SMILES string of the molecule is C.Cc1ccc(CN(P(Cl)c2ccccc2P(Cl)Cl)C(C)(C)C)cc1.Cc1ccc(CNC(C)(C)C)cc1.ClP(Cl)c1ccccc1P(Cl)Cl.P.P. The van der Waals surface area contributed by atoms with Gasteiger partial charge in [-0.2, -0.15) is 19.8 Å². The van der Waals surface area contributed by atoms with E-state index in [9.17, 15) is 0 Å². The summed E-state index contributed by atoms with van der Waals surface area (Å²) in [6, 6.07) is 32.7. The van der Waals surface area contributed by atoms with Crippen LogP contribution >= 0.6 is 126 Å². The standard InChI is InChI=1S/C18H22Cl3NP2.C12H19N.C6H4Cl4P2.CH4.2H3P/c1-14-9-11-15(12-10-14)13-22(18(2,3)4)24(21)17-8-6-5-7-16(17)23(19)20;1-10-5-7-11(8-6-10)9-13-12(2,3)4;7-11(8)5-3-1-2-4-6(5)12(9)10;;;/h5-12H,13H2,1-4H3;5-8,13H,9H2,1-4H3;1-4H;1H4;2*1H3. The highest BCUT2D eigenvalue weighted by atomic mass is 35.9. The van der Waals surface area contributed by atoms with E-state index in [0.29, 0.717) is 0 Å². The Bertz CT molecular complexity index is 1520. The van der Waals surface area contributed by atoms with Crippen LogP contribution in [0.5, 0.6) is 0 Å². The Hall–Kier alpha value is 1.41. The number of nitrogens with zero attached hydrogens (tertiary/aromatic N) is 1. The molecule has 0 amide bonds. The molecule has 0 radical (unpaired) electrons. The monoisotopic (exact) mass is 958 g/mol. The molecule has 15 heteroatoms. The van der Waals surface area contributed by atoms with E-state index >= 15 is 0 Å². The van der Waals surface area contributed by atoms with Crippen LogP contribution < -0.4 is 26.5 Å². The summed E-state index contributed by atoms with van der Waals surface area (Å²) in [6.45, 7) is 15.5. The van der Waals surface area contributed by atoms with Crippen molar-refractivity contribution in [3.63, 3.8) is 0 Å². The van der Waals surface area contributed by atoms with Crippen molar-refractivity contribution in [3.8, 4) is 0 Å². The molecule has 0 aromatic heterocycles. The third kappa shape index (κ3) is 20.7. The maximum absolute atomic E-state index is 6.97. The summed E-state index contributed by atoms with van der Waals surface area (Å²) in [5.41, 5.74) is 5.30. The summed E-state index contributed by atoms with van der Waals surface area (Å²) in [7, 11) is -1.06. The largest absolute Gasteiger partial charge is 0.308 e. The molecule has 1 N–H and O–H groups in total. The first kappa shape index (κ1) is 55.5. The molecule has 0 aliphatic heterocycles. The van der Waals surface area contributed by atoms with Gasteiger partial charge in [0.15, 0.2) is 0 Å². The minimum absolute atomic E-state index is 0. The smallest absolute Gasteiger partial charge is 0.117 e. The molecule has 4 aromatic rings. The van der Waals surface area contributed by atoms with Crippen LogP contribution in [-0.2, 0) is 13.1 Å². The number of aryl methyl sites for hydroxylation is 2. The summed E-state index contributed by atoms with van der Waals surface area (Å²) < 4.78 is 2.33. The lowest BCUT2D eigenvalue weighted by molar-refractivity contribution is 0.261. The molecule has 0 saturated heterocycles. The molecule has 4 aromatic carbocycles. The van der Waals surface area contributed by atoms with Crippen molar-refractivity contribution in [1.29, 1.82) is 0 Å². The van der Waals surface area contributed by atoms with Crippen LogP contribution in [0.4, 0.5) is 0 Å². The molecule has 0 bridgehead atoms. The van der Waals surface area contributed by atoms with Crippen LogP contribution in [0.1, 0.15) is 71.2 Å². The van der Waals surface area contributed by atoms with Crippen LogP contribution in [0.15, 0.2) is 97.1 Å². The van der Waals surface area contributed by atoms with Gasteiger partial charge in [-0.1, -0.05) is 194 Å². The van der Waals surface area contributed by atoms with Gasteiger partial charge in [0, 0.05) is 45.4 Å². The van der Waals surface area contributed by atoms with Crippen molar-refractivity contribution in [2.75, 3.05) is 0 Å². The van der Waals surface area contributed by atoms with Gasteiger partial charge in [0.05, 0.1) is 7.43 Å². The number of halogens is 7. The van der Waals surface area contributed by atoms with Gasteiger partial charge in [0.25, 0.3) is 0 Å². The first-order valence-electron chi connectivity index (χ1n) is 15.4. The van der Waals surface area contributed by atoms with Crippen molar-refractivity contribution >= 4 is 147 Å². The maximum atomic E-state index is 6.97. The molecule has 52 heavy (non-hydrogen) atoms. The van der Waals surface area contributed by atoms with E-state index in [0.717, 1.165) is 34.3 Å². The van der Waals surface area contributed by atoms with Crippen molar-refractivity contribution in [3.05, 3.63) is 119 Å². The van der Waals surface area contributed by atoms with E-state index < -0.39 is 27.3 Å². The molecule has 0 saturated carbocycles. The predicted octanol–water partition coefficient (Wildman–Crippen LogP) is 15.0. The van der Waals surface area contributed by atoms with Crippen LogP contribution in [0, 0.1) is 13.8 Å². The van der Waals surface area contributed by atoms with Gasteiger partial charge in [-0.25, -0.2) is 0 Å². The van der Waals surface area contributed by atoms with Gasteiger partial charge >= 0.3 is 0 Å². The predicted molar refractivity (Wildman–Crippen MR) is 263 cm³/mol. The lowest BCUT2D eigenvalue weighted by atomic mass is 10.1. The fraction of sp³-hybridized carbons (Fsp3) is 0.351. The summed E-state index contributed by atoms with van der Waals surface area (Å²) in [6.07, 6.45) is 0. The Kier molecular flexibility index (Phi) is 29.0. The van der Waals surface area contributed by atoms with Gasteiger partial charge < -0.3 is 5.32 Å². The highest BCUT2D eigenvalue weighted by Gasteiger charge is 2.31. The third-order valence-corrected chi connectivity index (χ3v) is 15.8. The average Bonchev–Trinajstić information content (AvgIpc) is 3.03. The van der Waals surface area contributed by atoms with Crippen molar-refractivity contribution in [2.24, 2.45) is 0 Å². The van der Waals surface area contributed by atoms with E-state index in [2.05, 4.69) is 114 Å². The van der Waals surface area contributed by atoms with Crippen molar-refractivity contribution in [2.45, 2.75) is 87.0 Å². The minimum atomic E-state index is -1.22. The number of benzene rings is 4. The minimum Gasteiger partial charge on any atom is -0.308 e.